The molecule has 1 aliphatic rings. The number of nitrogens with two attached hydrogens (primary N) is 1. The average molecular weight is 207 g/mol. The summed E-state index contributed by atoms with van der Waals surface area (Å²) in [5.74, 6) is 0. The number of sulfonamides is 1. The second-order valence-electron chi connectivity index (χ2n) is 2.99. The average Bonchev–Trinajstić information content (AvgIpc) is 2.04. The van der Waals surface area contributed by atoms with Crippen molar-refractivity contribution in [3.8, 4) is 0 Å². The molecule has 0 aromatic heterocycles. The third kappa shape index (κ3) is 3.29. The highest BCUT2D eigenvalue weighted by molar-refractivity contribution is 8.04. The largest absolute Gasteiger partial charge is 0.365 e. The maximum absolute atomic E-state index is 10.9. The molecule has 0 aromatic rings. The van der Waals surface area contributed by atoms with Gasteiger partial charge in [-0.15, -0.1) is 0 Å². The number of hydrazine groups is 1. The SMILES string of the molecule is NS(=O)(=O)C(=O)NN1CCCCC1. The molecule has 1 fully saturated rings. The van der Waals surface area contributed by atoms with Gasteiger partial charge in [0, 0.05) is 13.1 Å². The molecule has 1 amide bonds. The quantitative estimate of drug-likeness (QED) is 0.599. The third-order valence-corrected chi connectivity index (χ3v) is 2.47. The summed E-state index contributed by atoms with van der Waals surface area (Å²) in [4.78, 5) is 10.9. The maximum atomic E-state index is 10.9. The summed E-state index contributed by atoms with van der Waals surface area (Å²) in [6.45, 7) is 1.36. The van der Waals surface area contributed by atoms with E-state index in [-0.39, 0.29) is 0 Å². The lowest BCUT2D eigenvalue weighted by Crippen LogP contribution is -2.48. The Kier molecular flexibility index (Phi) is 3.23. The summed E-state index contributed by atoms with van der Waals surface area (Å²) >= 11 is 0. The van der Waals surface area contributed by atoms with E-state index in [9.17, 15) is 13.2 Å². The van der Waals surface area contributed by atoms with E-state index in [4.69, 9.17) is 0 Å². The minimum atomic E-state index is -4.09. The van der Waals surface area contributed by atoms with E-state index >= 15 is 0 Å². The van der Waals surface area contributed by atoms with E-state index in [0.29, 0.717) is 13.1 Å². The van der Waals surface area contributed by atoms with Crippen LogP contribution in [-0.4, -0.2) is 31.8 Å². The first-order valence-corrected chi connectivity index (χ1v) is 5.63. The van der Waals surface area contributed by atoms with Gasteiger partial charge in [-0.2, -0.15) is 0 Å². The summed E-state index contributed by atoms with van der Waals surface area (Å²) < 4.78 is 21.1. The van der Waals surface area contributed by atoms with E-state index < -0.39 is 15.3 Å². The van der Waals surface area contributed by atoms with Gasteiger partial charge in [0.15, 0.2) is 0 Å². The van der Waals surface area contributed by atoms with Crippen molar-refractivity contribution in [1.82, 2.24) is 10.4 Å². The van der Waals surface area contributed by atoms with Crippen molar-refractivity contribution >= 4 is 15.3 Å². The summed E-state index contributed by atoms with van der Waals surface area (Å²) in [6.07, 6.45) is 3.04. The molecule has 0 radical (unpaired) electrons. The number of piperidine rings is 1. The van der Waals surface area contributed by atoms with Gasteiger partial charge in [0.1, 0.15) is 0 Å². The maximum Gasteiger partial charge on any atom is 0.365 e. The molecule has 7 heteroatoms. The van der Waals surface area contributed by atoms with Gasteiger partial charge in [0.2, 0.25) is 0 Å². The molecule has 76 valence electrons. The number of carbonyl (C=O) groups is 1. The van der Waals surface area contributed by atoms with Gasteiger partial charge in [0.05, 0.1) is 0 Å². The monoisotopic (exact) mass is 207 g/mol. The highest BCUT2D eigenvalue weighted by Gasteiger charge is 2.20. The molecule has 0 aliphatic carbocycles. The molecule has 0 spiro atoms. The first kappa shape index (κ1) is 10.4. The highest BCUT2D eigenvalue weighted by Crippen LogP contribution is 2.05. The molecule has 0 aromatic carbocycles. The van der Waals surface area contributed by atoms with Crippen molar-refractivity contribution in [2.45, 2.75) is 19.3 Å². The van der Waals surface area contributed by atoms with E-state index in [1.807, 2.05) is 0 Å². The zero-order valence-corrected chi connectivity index (χ0v) is 8.01. The molecule has 0 atom stereocenters. The van der Waals surface area contributed by atoms with Crippen molar-refractivity contribution in [3.63, 3.8) is 0 Å². The Balaban J connectivity index is 2.44. The summed E-state index contributed by atoms with van der Waals surface area (Å²) in [7, 11) is -4.09. The van der Waals surface area contributed by atoms with E-state index in [1.54, 1.807) is 5.01 Å². The van der Waals surface area contributed by atoms with Crippen LogP contribution in [0.2, 0.25) is 0 Å². The first-order chi connectivity index (χ1) is 6.00. The Morgan fingerprint density at radius 1 is 1.23 bits per heavy atom. The summed E-state index contributed by atoms with van der Waals surface area (Å²) in [6, 6.07) is 0. The van der Waals surface area contributed by atoms with Crippen LogP contribution in [0.25, 0.3) is 0 Å². The Labute approximate surface area is 77.1 Å². The van der Waals surface area contributed by atoms with Crippen LogP contribution >= 0.6 is 0 Å². The first-order valence-electron chi connectivity index (χ1n) is 4.08. The summed E-state index contributed by atoms with van der Waals surface area (Å²) in [5.41, 5.74) is 2.24. The van der Waals surface area contributed by atoms with Crippen molar-refractivity contribution in [1.29, 1.82) is 0 Å². The Bertz CT molecular complexity index is 281. The number of carbonyl (C=O) groups excluding carboxylic acids is 1. The van der Waals surface area contributed by atoms with Crippen LogP contribution in [0.1, 0.15) is 19.3 Å². The third-order valence-electron chi connectivity index (χ3n) is 1.86. The molecule has 3 N–H and O–H groups in total. The smallest absolute Gasteiger partial charge is 0.274 e. The number of hydrogen-bond donors (Lipinski definition) is 2. The highest BCUT2D eigenvalue weighted by atomic mass is 32.2. The predicted octanol–water partition coefficient (Wildman–Crippen LogP) is -0.615. The fourth-order valence-corrected chi connectivity index (χ4v) is 1.45. The van der Waals surface area contributed by atoms with Crippen molar-refractivity contribution in [2.75, 3.05) is 13.1 Å². The molecular weight excluding hydrogens is 194 g/mol. The molecule has 6 nitrogen and oxygen atoms in total. The minimum Gasteiger partial charge on any atom is -0.274 e. The molecule has 0 bridgehead atoms. The lowest BCUT2D eigenvalue weighted by Gasteiger charge is -2.25. The molecule has 13 heavy (non-hydrogen) atoms. The number of nitrogens with one attached hydrogen (secondary N) is 1. The van der Waals surface area contributed by atoms with E-state index in [0.717, 1.165) is 19.3 Å². The molecule has 0 saturated carbocycles. The minimum absolute atomic E-state index is 0.682. The normalized spacial score (nSPS) is 19.8. The van der Waals surface area contributed by atoms with Crippen molar-refractivity contribution in [3.05, 3.63) is 0 Å². The second-order valence-corrected chi connectivity index (χ2v) is 4.45. The van der Waals surface area contributed by atoms with Gasteiger partial charge in [-0.05, 0) is 12.8 Å². The van der Waals surface area contributed by atoms with Gasteiger partial charge < -0.3 is 0 Å². The Morgan fingerprint density at radius 2 is 1.77 bits per heavy atom. The van der Waals surface area contributed by atoms with Gasteiger partial charge >= 0.3 is 5.24 Å². The van der Waals surface area contributed by atoms with E-state index in [2.05, 4.69) is 10.6 Å². The van der Waals surface area contributed by atoms with Crippen LogP contribution in [0.4, 0.5) is 4.79 Å². The lowest BCUT2D eigenvalue weighted by atomic mass is 10.2. The molecular formula is C6H13N3O3S. The summed E-state index contributed by atoms with van der Waals surface area (Å²) in [5, 5.41) is 5.08. The van der Waals surface area contributed by atoms with Crippen LogP contribution < -0.4 is 10.6 Å². The molecule has 1 rings (SSSR count). The van der Waals surface area contributed by atoms with Gasteiger partial charge in [0.25, 0.3) is 10.0 Å². The molecule has 0 unspecified atom stereocenters. The second kappa shape index (κ2) is 4.03. The van der Waals surface area contributed by atoms with E-state index in [1.165, 1.54) is 0 Å². The van der Waals surface area contributed by atoms with Crippen LogP contribution in [0, 0.1) is 0 Å². The predicted molar refractivity (Wildman–Crippen MR) is 47.1 cm³/mol. The van der Waals surface area contributed by atoms with Crippen LogP contribution in [0.15, 0.2) is 0 Å². The zero-order chi connectivity index (χ0) is 9.90. The Morgan fingerprint density at radius 3 is 2.23 bits per heavy atom. The fraction of sp³-hybridized carbons (Fsp3) is 0.833. The number of nitrogens with zero attached hydrogens (tertiary/aromatic N) is 1. The number of rotatable bonds is 1. The van der Waals surface area contributed by atoms with Crippen molar-refractivity contribution < 1.29 is 13.2 Å². The zero-order valence-electron chi connectivity index (χ0n) is 7.19. The van der Waals surface area contributed by atoms with Crippen molar-refractivity contribution in [2.24, 2.45) is 5.14 Å². The van der Waals surface area contributed by atoms with Gasteiger partial charge in [-0.3, -0.25) is 10.2 Å². The number of primary sulfonamides is 1. The van der Waals surface area contributed by atoms with Crippen LogP contribution in [0.3, 0.4) is 0 Å². The van der Waals surface area contributed by atoms with Crippen LogP contribution in [-0.2, 0) is 10.0 Å². The van der Waals surface area contributed by atoms with Crippen LogP contribution in [0.5, 0.6) is 0 Å². The standard InChI is InChI=1S/C6H13N3O3S/c7-13(11,12)6(10)8-9-4-2-1-3-5-9/h1-5H2,(H,8,10)(H2,7,11,12). The molecule has 1 aliphatic heterocycles. The molecule has 1 heterocycles. The topological polar surface area (TPSA) is 92.5 Å². The Hall–Kier alpha value is -0.660. The number of hydrogen-bond acceptors (Lipinski definition) is 4. The fourth-order valence-electron chi connectivity index (χ4n) is 1.20. The van der Waals surface area contributed by atoms with Gasteiger partial charge in [-0.25, -0.2) is 18.6 Å². The molecule has 1 saturated heterocycles. The number of amides is 1. The lowest BCUT2D eigenvalue weighted by molar-refractivity contribution is 0.166. The van der Waals surface area contributed by atoms with Gasteiger partial charge in [-0.1, -0.05) is 6.42 Å².